The van der Waals surface area contributed by atoms with E-state index in [-0.39, 0.29) is 0 Å². The van der Waals surface area contributed by atoms with Gasteiger partial charge in [-0.25, -0.2) is 0 Å². The first-order valence-corrected chi connectivity index (χ1v) is 5.72. The minimum Gasteiger partial charge on any atom is -0.378 e. The van der Waals surface area contributed by atoms with Gasteiger partial charge in [0.15, 0.2) is 0 Å². The van der Waals surface area contributed by atoms with E-state index in [2.05, 4.69) is 18.9 Å². The maximum Gasteiger partial charge on any atom is 0.0588 e. The van der Waals surface area contributed by atoms with Crippen molar-refractivity contribution >= 4 is 0 Å². The van der Waals surface area contributed by atoms with Crippen LogP contribution >= 0.6 is 0 Å². The fourth-order valence-electron chi connectivity index (χ4n) is 1.93. The molecule has 0 bridgehead atoms. The first-order chi connectivity index (χ1) is 6.72. The predicted molar refractivity (Wildman–Crippen MR) is 59.3 cm³/mol. The molecular formula is C11H24N2O. The maximum absolute atomic E-state index is 5.59. The van der Waals surface area contributed by atoms with Crippen molar-refractivity contribution in [2.75, 3.05) is 33.3 Å². The molecule has 0 amide bonds. The predicted octanol–water partition coefficient (Wildman–Crippen LogP) is 1.08. The van der Waals surface area contributed by atoms with E-state index in [1.807, 2.05) is 0 Å². The fraction of sp³-hybridized carbons (Fsp3) is 1.00. The lowest BCUT2D eigenvalue weighted by molar-refractivity contribution is 0.0937. The highest BCUT2D eigenvalue weighted by molar-refractivity contribution is 4.67. The van der Waals surface area contributed by atoms with Gasteiger partial charge in [0.25, 0.3) is 0 Å². The second kappa shape index (κ2) is 6.38. The van der Waals surface area contributed by atoms with Gasteiger partial charge in [-0.05, 0) is 38.8 Å². The van der Waals surface area contributed by atoms with E-state index in [1.54, 1.807) is 0 Å². The van der Waals surface area contributed by atoms with E-state index in [0.29, 0.717) is 12.0 Å². The number of nitrogens with zero attached hydrogens (tertiary/aromatic N) is 1. The summed E-state index contributed by atoms with van der Waals surface area (Å²) < 4.78 is 5.58. The molecule has 0 saturated carbocycles. The lowest BCUT2D eigenvalue weighted by atomic mass is 10.1. The summed E-state index contributed by atoms with van der Waals surface area (Å²) in [5.41, 5.74) is 5.59. The highest BCUT2D eigenvalue weighted by Gasteiger charge is 2.15. The molecule has 0 radical (unpaired) electrons. The molecule has 0 aromatic carbocycles. The summed E-state index contributed by atoms with van der Waals surface area (Å²) >= 11 is 0. The summed E-state index contributed by atoms with van der Waals surface area (Å²) in [7, 11) is 2.17. The van der Waals surface area contributed by atoms with E-state index >= 15 is 0 Å². The molecule has 2 unspecified atom stereocenters. The molecule has 2 N–H and O–H groups in total. The quantitative estimate of drug-likeness (QED) is 0.697. The van der Waals surface area contributed by atoms with Crippen LogP contribution in [0.3, 0.4) is 0 Å². The van der Waals surface area contributed by atoms with Crippen molar-refractivity contribution in [2.24, 2.45) is 11.7 Å². The molecule has 1 saturated heterocycles. The fourth-order valence-corrected chi connectivity index (χ4v) is 1.93. The molecule has 2 atom stereocenters. The van der Waals surface area contributed by atoms with Gasteiger partial charge in [0.05, 0.1) is 6.10 Å². The number of ether oxygens (including phenoxy) is 1. The van der Waals surface area contributed by atoms with E-state index in [1.165, 1.54) is 19.3 Å². The molecule has 0 aromatic heterocycles. The number of nitrogens with two attached hydrogens (primary N) is 1. The highest BCUT2D eigenvalue weighted by Crippen LogP contribution is 2.15. The first kappa shape index (κ1) is 12.0. The normalized spacial score (nSPS) is 24.4. The summed E-state index contributed by atoms with van der Waals surface area (Å²) in [6.07, 6.45) is 4.19. The van der Waals surface area contributed by atoms with Gasteiger partial charge in [0.2, 0.25) is 0 Å². The van der Waals surface area contributed by atoms with Gasteiger partial charge >= 0.3 is 0 Å². The maximum atomic E-state index is 5.59. The van der Waals surface area contributed by atoms with Crippen molar-refractivity contribution in [3.63, 3.8) is 0 Å². The monoisotopic (exact) mass is 200 g/mol. The zero-order valence-electron chi connectivity index (χ0n) is 9.54. The summed E-state index contributed by atoms with van der Waals surface area (Å²) in [5, 5.41) is 0. The zero-order valence-corrected chi connectivity index (χ0v) is 9.54. The molecule has 84 valence electrons. The summed E-state index contributed by atoms with van der Waals surface area (Å²) in [6.45, 7) is 6.18. The van der Waals surface area contributed by atoms with Crippen molar-refractivity contribution < 1.29 is 4.74 Å². The molecule has 3 heteroatoms. The van der Waals surface area contributed by atoms with Gasteiger partial charge in [-0.1, -0.05) is 6.92 Å². The van der Waals surface area contributed by atoms with Crippen LogP contribution in [0.4, 0.5) is 0 Å². The van der Waals surface area contributed by atoms with Gasteiger partial charge < -0.3 is 15.4 Å². The molecule has 0 aliphatic carbocycles. The Bertz CT molecular complexity index is 146. The Labute approximate surface area is 87.6 Å². The van der Waals surface area contributed by atoms with Gasteiger partial charge in [-0.2, -0.15) is 0 Å². The van der Waals surface area contributed by atoms with Crippen LogP contribution in [0.15, 0.2) is 0 Å². The molecular weight excluding hydrogens is 176 g/mol. The molecule has 1 aliphatic rings. The molecule has 0 spiro atoms. The first-order valence-electron chi connectivity index (χ1n) is 5.72. The van der Waals surface area contributed by atoms with Crippen LogP contribution in [-0.4, -0.2) is 44.3 Å². The molecule has 3 nitrogen and oxygen atoms in total. The Morgan fingerprint density at radius 2 is 2.36 bits per heavy atom. The summed E-state index contributed by atoms with van der Waals surface area (Å²) in [5.74, 6) is 0.601. The number of rotatable bonds is 6. The lowest BCUT2D eigenvalue weighted by Gasteiger charge is -2.21. The Morgan fingerprint density at radius 3 is 2.93 bits per heavy atom. The standard InChI is InChI=1S/C11H24N2O/c1-10(8-12)9-13(2)6-5-11-4-3-7-14-11/h10-11H,3-9,12H2,1-2H3. The van der Waals surface area contributed by atoms with E-state index in [9.17, 15) is 0 Å². The topological polar surface area (TPSA) is 38.5 Å². The molecule has 0 aromatic rings. The van der Waals surface area contributed by atoms with Crippen molar-refractivity contribution in [3.8, 4) is 0 Å². The highest BCUT2D eigenvalue weighted by atomic mass is 16.5. The Hall–Kier alpha value is -0.120. The van der Waals surface area contributed by atoms with Crippen molar-refractivity contribution in [3.05, 3.63) is 0 Å². The van der Waals surface area contributed by atoms with Crippen LogP contribution in [0, 0.1) is 5.92 Å². The third-order valence-corrected chi connectivity index (χ3v) is 2.88. The molecule has 1 fully saturated rings. The van der Waals surface area contributed by atoms with E-state index in [4.69, 9.17) is 10.5 Å². The SMILES string of the molecule is CC(CN)CN(C)CCC1CCCO1. The Balaban J connectivity index is 2.04. The van der Waals surface area contributed by atoms with Gasteiger partial charge in [0, 0.05) is 19.7 Å². The van der Waals surface area contributed by atoms with E-state index < -0.39 is 0 Å². The zero-order chi connectivity index (χ0) is 10.4. The number of hydrogen-bond acceptors (Lipinski definition) is 3. The average molecular weight is 200 g/mol. The second-order valence-corrected chi connectivity index (χ2v) is 4.53. The van der Waals surface area contributed by atoms with Crippen LogP contribution in [-0.2, 0) is 4.74 Å². The van der Waals surface area contributed by atoms with Crippen LogP contribution in [0.2, 0.25) is 0 Å². The lowest BCUT2D eigenvalue weighted by Crippen LogP contribution is -2.30. The van der Waals surface area contributed by atoms with E-state index in [0.717, 1.165) is 26.2 Å². The van der Waals surface area contributed by atoms with Crippen LogP contribution < -0.4 is 5.73 Å². The molecule has 1 rings (SSSR count). The second-order valence-electron chi connectivity index (χ2n) is 4.53. The van der Waals surface area contributed by atoms with Crippen LogP contribution in [0.1, 0.15) is 26.2 Å². The minimum atomic E-state index is 0.519. The Morgan fingerprint density at radius 1 is 1.57 bits per heavy atom. The number of hydrogen-bond donors (Lipinski definition) is 1. The van der Waals surface area contributed by atoms with Gasteiger partial charge in [-0.3, -0.25) is 0 Å². The van der Waals surface area contributed by atoms with Crippen LogP contribution in [0.25, 0.3) is 0 Å². The van der Waals surface area contributed by atoms with Gasteiger partial charge in [0.1, 0.15) is 0 Å². The minimum absolute atomic E-state index is 0.519. The third-order valence-electron chi connectivity index (χ3n) is 2.88. The molecule has 1 heterocycles. The smallest absolute Gasteiger partial charge is 0.0588 e. The average Bonchev–Trinajstić information content (AvgIpc) is 2.67. The third kappa shape index (κ3) is 4.40. The van der Waals surface area contributed by atoms with Crippen molar-refractivity contribution in [1.82, 2.24) is 4.90 Å². The molecule has 14 heavy (non-hydrogen) atoms. The summed E-state index contributed by atoms with van der Waals surface area (Å²) in [4.78, 5) is 2.36. The molecule has 1 aliphatic heterocycles. The largest absolute Gasteiger partial charge is 0.378 e. The Kier molecular flexibility index (Phi) is 5.45. The van der Waals surface area contributed by atoms with Crippen LogP contribution in [0.5, 0.6) is 0 Å². The van der Waals surface area contributed by atoms with Crippen molar-refractivity contribution in [1.29, 1.82) is 0 Å². The summed E-state index contributed by atoms with van der Waals surface area (Å²) in [6, 6.07) is 0. The van der Waals surface area contributed by atoms with Gasteiger partial charge in [-0.15, -0.1) is 0 Å². The van der Waals surface area contributed by atoms with Crippen molar-refractivity contribution in [2.45, 2.75) is 32.3 Å².